The van der Waals surface area contributed by atoms with E-state index in [2.05, 4.69) is 0 Å². The third kappa shape index (κ3) is 2.64. The zero-order valence-electron chi connectivity index (χ0n) is 12.0. The minimum atomic E-state index is -0.618. The van der Waals surface area contributed by atoms with Crippen molar-refractivity contribution >= 4 is 6.16 Å². The molecule has 3 fully saturated rings. The van der Waals surface area contributed by atoms with Crippen LogP contribution in [0.3, 0.4) is 0 Å². The highest BCUT2D eigenvalue weighted by Crippen LogP contribution is 2.38. The van der Waals surface area contributed by atoms with Crippen LogP contribution >= 0.6 is 0 Å². The molecule has 114 valence electrons. The molecule has 20 heavy (non-hydrogen) atoms. The van der Waals surface area contributed by atoms with Crippen LogP contribution < -0.4 is 0 Å². The first kappa shape index (κ1) is 14.1. The molecule has 0 aromatic rings. The Morgan fingerprint density at radius 2 is 2.00 bits per heavy atom. The van der Waals surface area contributed by atoms with Crippen LogP contribution in [-0.2, 0) is 23.7 Å². The smallest absolute Gasteiger partial charge is 0.431 e. The molecule has 0 saturated carbocycles. The van der Waals surface area contributed by atoms with E-state index in [1.807, 2.05) is 6.92 Å². The molecule has 3 aliphatic heterocycles. The van der Waals surface area contributed by atoms with Crippen molar-refractivity contribution in [3.05, 3.63) is 0 Å². The molecule has 3 aliphatic rings. The number of cyclic esters (lactones) is 1. The van der Waals surface area contributed by atoms with Gasteiger partial charge in [0.1, 0.15) is 18.3 Å². The molecule has 3 rings (SSSR count). The van der Waals surface area contributed by atoms with E-state index < -0.39 is 11.8 Å². The Morgan fingerprint density at radius 1 is 1.20 bits per heavy atom. The van der Waals surface area contributed by atoms with Crippen LogP contribution in [-0.4, -0.2) is 50.1 Å². The number of hydrogen-bond acceptors (Lipinski definition) is 6. The molecule has 0 N–H and O–H groups in total. The van der Waals surface area contributed by atoms with E-state index in [1.54, 1.807) is 7.11 Å². The van der Waals surface area contributed by atoms with E-state index in [0.29, 0.717) is 6.42 Å². The molecule has 3 saturated heterocycles. The number of fused-ring (bicyclic) bond motifs is 2. The van der Waals surface area contributed by atoms with Crippen molar-refractivity contribution in [2.75, 3.05) is 13.7 Å². The lowest BCUT2D eigenvalue weighted by atomic mass is 9.92. The molecule has 0 aromatic carbocycles. The quantitative estimate of drug-likeness (QED) is 0.687. The number of hydrogen-bond donors (Lipinski definition) is 0. The van der Waals surface area contributed by atoms with E-state index >= 15 is 0 Å². The summed E-state index contributed by atoms with van der Waals surface area (Å²) >= 11 is 0. The van der Waals surface area contributed by atoms with E-state index in [4.69, 9.17) is 23.7 Å². The Labute approximate surface area is 118 Å². The summed E-state index contributed by atoms with van der Waals surface area (Å²) in [5.41, 5.74) is -0.618. The minimum absolute atomic E-state index is 0.0106. The van der Waals surface area contributed by atoms with Gasteiger partial charge in [-0.2, -0.15) is 0 Å². The summed E-state index contributed by atoms with van der Waals surface area (Å²) in [7, 11) is 1.67. The number of ether oxygens (including phenoxy) is 5. The van der Waals surface area contributed by atoms with Crippen LogP contribution in [0.25, 0.3) is 0 Å². The average Bonchev–Trinajstić information content (AvgIpc) is 2.68. The first-order chi connectivity index (χ1) is 9.60. The standard InChI is InChI=1S/C14H22O6/c1-14-7-6-10-9(4-3-5-12(16-2)19-10)18-11(14)8-17-13(15)20-14/h9-12H,3-8H2,1-2H3/t9-,10+,11+,12?,14-/m0/s1. The van der Waals surface area contributed by atoms with Crippen molar-refractivity contribution in [2.24, 2.45) is 0 Å². The van der Waals surface area contributed by atoms with E-state index in [0.717, 1.165) is 25.7 Å². The van der Waals surface area contributed by atoms with Crippen LogP contribution in [0.4, 0.5) is 4.79 Å². The van der Waals surface area contributed by atoms with Gasteiger partial charge in [0, 0.05) is 7.11 Å². The van der Waals surface area contributed by atoms with Gasteiger partial charge >= 0.3 is 6.16 Å². The molecular formula is C14H22O6. The average molecular weight is 286 g/mol. The molecule has 0 spiro atoms. The normalized spacial score (nSPS) is 45.2. The lowest BCUT2D eigenvalue weighted by Gasteiger charge is -2.38. The van der Waals surface area contributed by atoms with Gasteiger partial charge in [0.2, 0.25) is 0 Å². The minimum Gasteiger partial charge on any atom is -0.431 e. The number of rotatable bonds is 1. The topological polar surface area (TPSA) is 63.2 Å². The highest BCUT2D eigenvalue weighted by Gasteiger charge is 2.49. The summed E-state index contributed by atoms with van der Waals surface area (Å²) in [5.74, 6) is 0. The highest BCUT2D eigenvalue weighted by atomic mass is 16.8. The second kappa shape index (κ2) is 5.50. The fourth-order valence-electron chi connectivity index (χ4n) is 3.25. The van der Waals surface area contributed by atoms with Gasteiger partial charge in [0.25, 0.3) is 0 Å². The molecule has 1 unspecified atom stereocenters. The lowest BCUT2D eigenvalue weighted by molar-refractivity contribution is -0.203. The molecule has 0 radical (unpaired) electrons. The maximum absolute atomic E-state index is 11.4. The third-order valence-corrected chi connectivity index (χ3v) is 4.55. The van der Waals surface area contributed by atoms with Crippen molar-refractivity contribution < 1.29 is 28.5 Å². The van der Waals surface area contributed by atoms with Crippen LogP contribution in [0.5, 0.6) is 0 Å². The van der Waals surface area contributed by atoms with Gasteiger partial charge in [-0.15, -0.1) is 0 Å². The Morgan fingerprint density at radius 3 is 2.80 bits per heavy atom. The third-order valence-electron chi connectivity index (χ3n) is 4.55. The van der Waals surface area contributed by atoms with Crippen LogP contribution in [0, 0.1) is 0 Å². The Balaban J connectivity index is 1.75. The van der Waals surface area contributed by atoms with E-state index in [-0.39, 0.29) is 31.2 Å². The van der Waals surface area contributed by atoms with Crippen molar-refractivity contribution in [2.45, 2.75) is 69.2 Å². The van der Waals surface area contributed by atoms with Gasteiger partial charge in [-0.1, -0.05) is 0 Å². The number of methoxy groups -OCH3 is 1. The van der Waals surface area contributed by atoms with E-state index in [9.17, 15) is 4.79 Å². The predicted octanol–water partition coefficient (Wildman–Crippen LogP) is 2.00. The van der Waals surface area contributed by atoms with E-state index in [1.165, 1.54) is 0 Å². The summed E-state index contributed by atoms with van der Waals surface area (Å²) in [6.07, 6.45) is 3.35. The monoisotopic (exact) mass is 286 g/mol. The fraction of sp³-hybridized carbons (Fsp3) is 0.929. The summed E-state index contributed by atoms with van der Waals surface area (Å²) in [4.78, 5) is 11.4. The first-order valence-corrected chi connectivity index (χ1v) is 7.30. The summed E-state index contributed by atoms with van der Waals surface area (Å²) in [5, 5.41) is 0. The number of carbonyl (C=O) groups is 1. The van der Waals surface area contributed by atoms with Crippen molar-refractivity contribution in [3.8, 4) is 0 Å². The summed E-state index contributed by atoms with van der Waals surface area (Å²) in [6.45, 7) is 2.17. The summed E-state index contributed by atoms with van der Waals surface area (Å²) < 4.78 is 27.8. The van der Waals surface area contributed by atoms with Crippen LogP contribution in [0.15, 0.2) is 0 Å². The van der Waals surface area contributed by atoms with Gasteiger partial charge in [-0.25, -0.2) is 4.79 Å². The SMILES string of the molecule is COC1CCC[C@@H]2O[C@@H]3COC(=O)O[C@@]3(C)CC[C@H]2O1. The molecular weight excluding hydrogens is 264 g/mol. The van der Waals surface area contributed by atoms with Crippen molar-refractivity contribution in [1.82, 2.24) is 0 Å². The van der Waals surface area contributed by atoms with Crippen LogP contribution in [0.2, 0.25) is 0 Å². The molecule has 3 heterocycles. The fourth-order valence-corrected chi connectivity index (χ4v) is 3.25. The molecule has 6 heteroatoms. The molecule has 5 atom stereocenters. The molecule has 6 nitrogen and oxygen atoms in total. The predicted molar refractivity (Wildman–Crippen MR) is 68.3 cm³/mol. The zero-order chi connectivity index (χ0) is 14.2. The Bertz CT molecular complexity index is 373. The van der Waals surface area contributed by atoms with Crippen molar-refractivity contribution in [3.63, 3.8) is 0 Å². The highest BCUT2D eigenvalue weighted by molar-refractivity contribution is 5.61. The molecule has 0 aliphatic carbocycles. The van der Waals surface area contributed by atoms with Crippen molar-refractivity contribution in [1.29, 1.82) is 0 Å². The summed E-state index contributed by atoms with van der Waals surface area (Å²) in [6, 6.07) is 0. The van der Waals surface area contributed by atoms with Gasteiger partial charge in [0.05, 0.1) is 12.2 Å². The number of carbonyl (C=O) groups excluding carboxylic acids is 1. The Kier molecular flexibility index (Phi) is 3.88. The zero-order valence-corrected chi connectivity index (χ0v) is 12.0. The van der Waals surface area contributed by atoms with Crippen LogP contribution in [0.1, 0.15) is 39.0 Å². The lowest BCUT2D eigenvalue weighted by Crippen LogP contribution is -2.52. The second-order valence-electron chi connectivity index (χ2n) is 5.95. The maximum atomic E-state index is 11.4. The van der Waals surface area contributed by atoms with Gasteiger partial charge in [-0.3, -0.25) is 0 Å². The molecule has 0 amide bonds. The molecule has 0 bridgehead atoms. The van der Waals surface area contributed by atoms with Gasteiger partial charge in [-0.05, 0) is 39.0 Å². The molecule has 0 aromatic heterocycles. The van der Waals surface area contributed by atoms with Gasteiger partial charge < -0.3 is 23.7 Å². The second-order valence-corrected chi connectivity index (χ2v) is 5.95. The van der Waals surface area contributed by atoms with Gasteiger partial charge in [0.15, 0.2) is 6.29 Å². The first-order valence-electron chi connectivity index (χ1n) is 7.30. The maximum Gasteiger partial charge on any atom is 0.509 e. The largest absolute Gasteiger partial charge is 0.509 e. The Hall–Kier alpha value is -0.850.